The van der Waals surface area contributed by atoms with Gasteiger partial charge in [0.05, 0.1) is 19.2 Å². The van der Waals surface area contributed by atoms with Crippen LogP contribution >= 0.6 is 11.6 Å². The Hall–Kier alpha value is -1.42. The zero-order valence-electron chi connectivity index (χ0n) is 12.1. The zero-order chi connectivity index (χ0) is 14.7. The number of carbonyl (C=O) groups excluding carboxylic acids is 1. The first-order valence-electron chi connectivity index (χ1n) is 6.77. The lowest BCUT2D eigenvalue weighted by molar-refractivity contribution is 0.0682. The van der Waals surface area contributed by atoms with Crippen LogP contribution in [0.1, 0.15) is 30.1 Å². The molecule has 0 saturated carbocycles. The van der Waals surface area contributed by atoms with Crippen LogP contribution in [0.15, 0.2) is 12.1 Å². The van der Waals surface area contributed by atoms with E-state index in [1.54, 1.807) is 12.1 Å². The molecule has 1 fully saturated rings. The van der Waals surface area contributed by atoms with E-state index in [4.69, 9.17) is 21.1 Å². The molecule has 1 aromatic rings. The molecular formula is C15H20ClNO3. The summed E-state index contributed by atoms with van der Waals surface area (Å²) in [6.45, 7) is 3.76. The number of benzene rings is 1. The molecule has 1 saturated heterocycles. The van der Waals surface area contributed by atoms with E-state index in [-0.39, 0.29) is 5.91 Å². The van der Waals surface area contributed by atoms with E-state index in [2.05, 4.69) is 6.92 Å². The highest BCUT2D eigenvalue weighted by molar-refractivity contribution is 6.32. The van der Waals surface area contributed by atoms with Gasteiger partial charge in [-0.05, 0) is 30.9 Å². The molecule has 1 aliphatic rings. The van der Waals surface area contributed by atoms with E-state index in [0.29, 0.717) is 28.0 Å². The molecule has 5 heteroatoms. The summed E-state index contributed by atoms with van der Waals surface area (Å²) >= 11 is 6.15. The predicted octanol–water partition coefficient (Wildman–Crippen LogP) is 3.23. The number of amides is 1. The zero-order valence-corrected chi connectivity index (χ0v) is 12.9. The number of ether oxygens (including phenoxy) is 2. The van der Waals surface area contributed by atoms with Crippen LogP contribution in [-0.4, -0.2) is 38.1 Å². The van der Waals surface area contributed by atoms with Crippen molar-refractivity contribution in [1.82, 2.24) is 4.90 Å². The largest absolute Gasteiger partial charge is 0.493 e. The average molecular weight is 298 g/mol. The third kappa shape index (κ3) is 3.01. The maximum atomic E-state index is 12.5. The Morgan fingerprint density at radius 2 is 2.10 bits per heavy atom. The molecule has 1 aromatic carbocycles. The fraction of sp³-hybridized carbons (Fsp3) is 0.533. The molecule has 0 spiro atoms. The molecule has 1 aliphatic heterocycles. The topological polar surface area (TPSA) is 38.8 Å². The summed E-state index contributed by atoms with van der Waals surface area (Å²) in [5, 5.41) is 0.389. The summed E-state index contributed by atoms with van der Waals surface area (Å²) in [6.07, 6.45) is 2.23. The van der Waals surface area contributed by atoms with Crippen molar-refractivity contribution >= 4 is 17.5 Å². The third-order valence-corrected chi connectivity index (χ3v) is 3.91. The highest BCUT2D eigenvalue weighted by Gasteiger charge is 2.24. The number of piperidine rings is 1. The first kappa shape index (κ1) is 15.0. The van der Waals surface area contributed by atoms with Crippen molar-refractivity contribution in [3.63, 3.8) is 0 Å². The number of methoxy groups -OCH3 is 2. The van der Waals surface area contributed by atoms with Gasteiger partial charge in [0.25, 0.3) is 5.91 Å². The first-order chi connectivity index (χ1) is 9.56. The minimum absolute atomic E-state index is 0.000553. The minimum Gasteiger partial charge on any atom is -0.493 e. The van der Waals surface area contributed by atoms with Gasteiger partial charge < -0.3 is 14.4 Å². The molecule has 0 radical (unpaired) electrons. The van der Waals surface area contributed by atoms with Gasteiger partial charge in [-0.3, -0.25) is 4.79 Å². The summed E-state index contributed by atoms with van der Waals surface area (Å²) in [4.78, 5) is 14.4. The maximum Gasteiger partial charge on any atom is 0.254 e. The second-order valence-electron chi connectivity index (χ2n) is 5.19. The Kier molecular flexibility index (Phi) is 4.76. The Labute approximate surface area is 124 Å². The smallest absolute Gasteiger partial charge is 0.254 e. The van der Waals surface area contributed by atoms with Gasteiger partial charge in [-0.25, -0.2) is 0 Å². The summed E-state index contributed by atoms with van der Waals surface area (Å²) in [5.74, 6) is 1.48. The van der Waals surface area contributed by atoms with Gasteiger partial charge in [-0.1, -0.05) is 18.5 Å². The van der Waals surface area contributed by atoms with Crippen LogP contribution in [0, 0.1) is 5.92 Å². The van der Waals surface area contributed by atoms with Crippen molar-refractivity contribution < 1.29 is 14.3 Å². The van der Waals surface area contributed by atoms with Crippen molar-refractivity contribution in [2.75, 3.05) is 27.3 Å². The molecule has 1 atom stereocenters. The lowest BCUT2D eigenvalue weighted by atomic mass is 9.99. The molecule has 20 heavy (non-hydrogen) atoms. The molecule has 1 unspecified atom stereocenters. The maximum absolute atomic E-state index is 12.5. The molecule has 0 N–H and O–H groups in total. The van der Waals surface area contributed by atoms with Gasteiger partial charge in [-0.2, -0.15) is 0 Å². The van der Waals surface area contributed by atoms with Crippen LogP contribution in [0.25, 0.3) is 0 Å². The molecule has 0 aliphatic carbocycles. The summed E-state index contributed by atoms with van der Waals surface area (Å²) in [7, 11) is 3.06. The van der Waals surface area contributed by atoms with E-state index < -0.39 is 0 Å². The van der Waals surface area contributed by atoms with Crippen LogP contribution < -0.4 is 9.47 Å². The molecular weight excluding hydrogens is 278 g/mol. The molecule has 0 bridgehead atoms. The Morgan fingerprint density at radius 3 is 2.70 bits per heavy atom. The van der Waals surface area contributed by atoms with E-state index >= 15 is 0 Å². The van der Waals surface area contributed by atoms with Crippen molar-refractivity contribution in [3.05, 3.63) is 22.7 Å². The van der Waals surface area contributed by atoms with Gasteiger partial charge in [0.1, 0.15) is 0 Å². The van der Waals surface area contributed by atoms with Gasteiger partial charge in [0.2, 0.25) is 0 Å². The number of likely N-dealkylation sites (tertiary alicyclic amines) is 1. The lowest BCUT2D eigenvalue weighted by Crippen LogP contribution is -2.39. The number of carbonyl (C=O) groups is 1. The Balaban J connectivity index is 2.28. The minimum atomic E-state index is -0.000553. The standard InChI is InChI=1S/C15H20ClNO3/c1-10-5-4-6-17(9-10)15(18)11-7-12(16)14(20-3)13(8-11)19-2/h7-8,10H,4-6,9H2,1-3H3. The van der Waals surface area contributed by atoms with E-state index in [1.165, 1.54) is 20.6 Å². The fourth-order valence-electron chi connectivity index (χ4n) is 2.60. The number of halogens is 1. The monoisotopic (exact) mass is 297 g/mol. The normalized spacial score (nSPS) is 18.8. The fourth-order valence-corrected chi connectivity index (χ4v) is 2.89. The van der Waals surface area contributed by atoms with Gasteiger partial charge in [0.15, 0.2) is 11.5 Å². The van der Waals surface area contributed by atoms with E-state index in [9.17, 15) is 4.79 Å². The summed E-state index contributed by atoms with van der Waals surface area (Å²) in [5.41, 5.74) is 0.543. The first-order valence-corrected chi connectivity index (χ1v) is 7.15. The van der Waals surface area contributed by atoms with Crippen molar-refractivity contribution in [3.8, 4) is 11.5 Å². The van der Waals surface area contributed by atoms with Crippen molar-refractivity contribution in [2.24, 2.45) is 5.92 Å². The average Bonchev–Trinajstić information content (AvgIpc) is 2.45. The van der Waals surface area contributed by atoms with Crippen LogP contribution in [0.2, 0.25) is 5.02 Å². The molecule has 1 amide bonds. The number of nitrogens with zero attached hydrogens (tertiary/aromatic N) is 1. The molecule has 2 rings (SSSR count). The highest BCUT2D eigenvalue weighted by atomic mass is 35.5. The van der Waals surface area contributed by atoms with Crippen molar-refractivity contribution in [1.29, 1.82) is 0 Å². The van der Waals surface area contributed by atoms with Gasteiger partial charge >= 0.3 is 0 Å². The van der Waals surface area contributed by atoms with Gasteiger partial charge in [0, 0.05) is 18.7 Å². The molecule has 0 aromatic heterocycles. The van der Waals surface area contributed by atoms with E-state index in [1.807, 2.05) is 4.90 Å². The van der Waals surface area contributed by atoms with E-state index in [0.717, 1.165) is 19.5 Å². The third-order valence-electron chi connectivity index (χ3n) is 3.62. The predicted molar refractivity (Wildman–Crippen MR) is 78.9 cm³/mol. The number of hydrogen-bond donors (Lipinski definition) is 0. The second-order valence-corrected chi connectivity index (χ2v) is 5.60. The van der Waals surface area contributed by atoms with Crippen LogP contribution in [0.5, 0.6) is 11.5 Å². The second kappa shape index (κ2) is 6.35. The molecule has 4 nitrogen and oxygen atoms in total. The number of rotatable bonds is 3. The van der Waals surface area contributed by atoms with Crippen LogP contribution in [0.3, 0.4) is 0 Å². The van der Waals surface area contributed by atoms with Gasteiger partial charge in [-0.15, -0.1) is 0 Å². The van der Waals surface area contributed by atoms with Crippen LogP contribution in [0.4, 0.5) is 0 Å². The molecule has 1 heterocycles. The van der Waals surface area contributed by atoms with Crippen molar-refractivity contribution in [2.45, 2.75) is 19.8 Å². The summed E-state index contributed by atoms with van der Waals surface area (Å²) < 4.78 is 10.4. The quantitative estimate of drug-likeness (QED) is 0.860. The summed E-state index contributed by atoms with van der Waals surface area (Å²) in [6, 6.07) is 3.33. The Bertz CT molecular complexity index is 504. The lowest BCUT2D eigenvalue weighted by Gasteiger charge is -2.31. The molecule has 110 valence electrons. The Morgan fingerprint density at radius 1 is 1.35 bits per heavy atom. The van der Waals surface area contributed by atoms with Crippen LogP contribution in [-0.2, 0) is 0 Å². The highest BCUT2D eigenvalue weighted by Crippen LogP contribution is 2.36. The number of hydrogen-bond acceptors (Lipinski definition) is 3. The SMILES string of the molecule is COc1cc(C(=O)N2CCCC(C)C2)cc(Cl)c1OC.